The summed E-state index contributed by atoms with van der Waals surface area (Å²) in [5, 5.41) is 15.4. The van der Waals surface area contributed by atoms with Gasteiger partial charge in [-0.3, -0.25) is 0 Å². The summed E-state index contributed by atoms with van der Waals surface area (Å²) in [5.41, 5.74) is 2.54. The van der Waals surface area contributed by atoms with Crippen LogP contribution in [0.1, 0.15) is 11.1 Å². The Labute approximate surface area is 113 Å². The zero-order valence-corrected chi connectivity index (χ0v) is 10.5. The van der Waals surface area contributed by atoms with Gasteiger partial charge in [0.05, 0.1) is 0 Å². The van der Waals surface area contributed by atoms with Crippen LogP contribution in [0.2, 0.25) is 0 Å². The molecule has 4 nitrogen and oxygen atoms in total. The quantitative estimate of drug-likeness (QED) is 0.669. The molecular formula is C13H14B2O4. The van der Waals surface area contributed by atoms with Crippen LogP contribution in [0.15, 0.2) is 48.5 Å². The summed E-state index contributed by atoms with van der Waals surface area (Å²) in [6.07, 6.45) is 0.979. The Bertz CT molecular complexity index is 444. The zero-order chi connectivity index (χ0) is 13.5. The van der Waals surface area contributed by atoms with E-state index in [-0.39, 0.29) is 0 Å². The number of benzene rings is 2. The molecule has 0 spiro atoms. The molecule has 0 amide bonds. The van der Waals surface area contributed by atoms with Crippen LogP contribution in [-0.2, 0) is 11.0 Å². The van der Waals surface area contributed by atoms with Crippen molar-refractivity contribution in [1.82, 2.24) is 0 Å². The topological polar surface area (TPSA) is 58.9 Å². The maximum atomic E-state index is 7.68. The predicted molar refractivity (Wildman–Crippen MR) is 75.6 cm³/mol. The second-order valence-electron chi connectivity index (χ2n) is 3.96. The lowest BCUT2D eigenvalue weighted by Gasteiger charge is -2.19. The molecule has 19 heavy (non-hydrogen) atoms. The van der Waals surface area contributed by atoms with E-state index in [0.29, 0.717) is 0 Å². The fraction of sp³-hybridized carbons (Fsp3) is 0.0769. The molecule has 0 saturated carbocycles. The zero-order valence-electron chi connectivity index (χ0n) is 10.5. The highest BCUT2D eigenvalue weighted by molar-refractivity contribution is 6.32. The highest BCUT2D eigenvalue weighted by Crippen LogP contribution is 2.35. The van der Waals surface area contributed by atoms with Gasteiger partial charge in [-0.15, -0.1) is 0 Å². The largest absolute Gasteiger partial charge is 0.457 e. The SMILES string of the molecule is OBOBO.c1ccc2c(c1)Cc1ccccc1O2. The Balaban J connectivity index is 0.000000232. The number of ether oxygens (including phenoxy) is 1. The summed E-state index contributed by atoms with van der Waals surface area (Å²) < 4.78 is 9.72. The van der Waals surface area contributed by atoms with Crippen molar-refractivity contribution < 1.29 is 19.4 Å². The maximum Gasteiger partial charge on any atom is 0.421 e. The molecule has 6 heteroatoms. The fourth-order valence-electron chi connectivity index (χ4n) is 1.86. The molecule has 0 bridgehead atoms. The molecule has 0 aromatic heterocycles. The van der Waals surface area contributed by atoms with Crippen LogP contribution in [0, 0.1) is 0 Å². The Hall–Kier alpha value is -1.75. The Morgan fingerprint density at radius 2 is 1.32 bits per heavy atom. The van der Waals surface area contributed by atoms with E-state index in [1.54, 1.807) is 0 Å². The average Bonchev–Trinajstić information content (AvgIpc) is 2.46. The molecule has 96 valence electrons. The summed E-state index contributed by atoms with van der Waals surface area (Å²) in [7, 11) is -0.812. The molecule has 0 radical (unpaired) electrons. The Morgan fingerprint density at radius 1 is 0.842 bits per heavy atom. The van der Waals surface area contributed by atoms with Crippen LogP contribution in [-0.4, -0.2) is 25.4 Å². The van der Waals surface area contributed by atoms with Gasteiger partial charge in [-0.25, -0.2) is 0 Å². The van der Waals surface area contributed by atoms with E-state index in [9.17, 15) is 0 Å². The third-order valence-electron chi connectivity index (χ3n) is 2.73. The van der Waals surface area contributed by atoms with Crippen molar-refractivity contribution in [2.75, 3.05) is 0 Å². The van der Waals surface area contributed by atoms with Crippen molar-refractivity contribution >= 4 is 15.4 Å². The molecule has 0 atom stereocenters. The maximum absolute atomic E-state index is 7.68. The first-order valence-electron chi connectivity index (χ1n) is 5.98. The van der Waals surface area contributed by atoms with Gasteiger partial charge in [0.2, 0.25) is 0 Å². The van der Waals surface area contributed by atoms with Crippen molar-refractivity contribution in [3.8, 4) is 11.5 Å². The number of rotatable bonds is 2. The van der Waals surface area contributed by atoms with Gasteiger partial charge in [0.25, 0.3) is 0 Å². The molecule has 3 rings (SSSR count). The van der Waals surface area contributed by atoms with Gasteiger partial charge in [-0.2, -0.15) is 0 Å². The van der Waals surface area contributed by atoms with Crippen LogP contribution in [0.5, 0.6) is 11.5 Å². The Kier molecular flexibility index (Phi) is 5.03. The standard InChI is InChI=1S/C13H10O.B2H4O3/c1-3-7-12-10(5-1)9-11-6-2-4-8-13(11)14-12;3-1-5-2-4/h1-8H,9H2;1-4H. The van der Waals surface area contributed by atoms with E-state index in [0.717, 1.165) is 17.9 Å². The smallest absolute Gasteiger partial charge is 0.421 e. The van der Waals surface area contributed by atoms with Crippen molar-refractivity contribution in [2.45, 2.75) is 6.42 Å². The van der Waals surface area contributed by atoms with Gasteiger partial charge in [-0.05, 0) is 23.3 Å². The Morgan fingerprint density at radius 3 is 1.74 bits per heavy atom. The number of para-hydroxylation sites is 2. The lowest BCUT2D eigenvalue weighted by atomic mass is 10.0. The first-order chi connectivity index (χ1) is 9.35. The van der Waals surface area contributed by atoms with Gasteiger partial charge in [0, 0.05) is 6.42 Å². The van der Waals surface area contributed by atoms with E-state index in [2.05, 4.69) is 28.8 Å². The molecule has 0 aliphatic carbocycles. The molecule has 2 aromatic rings. The highest BCUT2D eigenvalue weighted by atomic mass is 16.5. The van der Waals surface area contributed by atoms with Gasteiger partial charge in [-0.1, -0.05) is 36.4 Å². The van der Waals surface area contributed by atoms with Crippen LogP contribution >= 0.6 is 0 Å². The molecule has 2 aromatic carbocycles. The molecule has 1 aliphatic heterocycles. The second kappa shape index (κ2) is 6.99. The summed E-state index contributed by atoms with van der Waals surface area (Å²) in [5.74, 6) is 1.98. The second-order valence-corrected chi connectivity index (χ2v) is 3.96. The lowest BCUT2D eigenvalue weighted by Crippen LogP contribution is -2.01. The fourth-order valence-corrected chi connectivity index (χ4v) is 1.86. The summed E-state index contributed by atoms with van der Waals surface area (Å²) in [6.45, 7) is 0. The molecule has 0 saturated heterocycles. The molecule has 0 unspecified atom stereocenters. The summed E-state index contributed by atoms with van der Waals surface area (Å²) in [4.78, 5) is 0. The number of hydrogen-bond donors (Lipinski definition) is 2. The van der Waals surface area contributed by atoms with Gasteiger partial charge in [0.15, 0.2) is 0 Å². The van der Waals surface area contributed by atoms with Crippen LogP contribution in [0.25, 0.3) is 0 Å². The first-order valence-corrected chi connectivity index (χ1v) is 5.98. The van der Waals surface area contributed by atoms with Crippen molar-refractivity contribution in [1.29, 1.82) is 0 Å². The minimum atomic E-state index is -0.406. The van der Waals surface area contributed by atoms with Crippen molar-refractivity contribution in [3.63, 3.8) is 0 Å². The van der Waals surface area contributed by atoms with Crippen molar-refractivity contribution in [3.05, 3.63) is 59.7 Å². The normalized spacial score (nSPS) is 11.1. The first kappa shape index (κ1) is 13.7. The predicted octanol–water partition coefficient (Wildman–Crippen LogP) is 0.904. The van der Waals surface area contributed by atoms with E-state index in [1.807, 2.05) is 24.3 Å². The minimum absolute atomic E-state index is 0.406. The highest BCUT2D eigenvalue weighted by Gasteiger charge is 2.14. The van der Waals surface area contributed by atoms with Crippen LogP contribution in [0.4, 0.5) is 0 Å². The van der Waals surface area contributed by atoms with Gasteiger partial charge >= 0.3 is 15.4 Å². The third-order valence-corrected chi connectivity index (χ3v) is 2.73. The van der Waals surface area contributed by atoms with E-state index in [1.165, 1.54) is 11.1 Å². The summed E-state index contributed by atoms with van der Waals surface area (Å²) in [6, 6.07) is 16.4. The number of hydrogen-bond acceptors (Lipinski definition) is 4. The minimum Gasteiger partial charge on any atom is -0.457 e. The van der Waals surface area contributed by atoms with Crippen molar-refractivity contribution in [2.24, 2.45) is 0 Å². The number of fused-ring (bicyclic) bond motifs is 2. The molecular weight excluding hydrogens is 242 g/mol. The monoisotopic (exact) mass is 256 g/mol. The van der Waals surface area contributed by atoms with Crippen LogP contribution < -0.4 is 4.74 Å². The van der Waals surface area contributed by atoms with E-state index < -0.39 is 15.4 Å². The molecule has 1 aliphatic rings. The third kappa shape index (κ3) is 3.61. The van der Waals surface area contributed by atoms with Gasteiger partial charge < -0.3 is 19.4 Å². The summed E-state index contributed by atoms with van der Waals surface area (Å²) >= 11 is 0. The molecule has 1 heterocycles. The van der Waals surface area contributed by atoms with Gasteiger partial charge in [0.1, 0.15) is 11.5 Å². The molecule has 0 fully saturated rings. The van der Waals surface area contributed by atoms with E-state index in [4.69, 9.17) is 14.8 Å². The van der Waals surface area contributed by atoms with Crippen LogP contribution in [0.3, 0.4) is 0 Å². The lowest BCUT2D eigenvalue weighted by molar-refractivity contribution is 0.408. The molecule has 2 N–H and O–H groups in total. The van der Waals surface area contributed by atoms with E-state index >= 15 is 0 Å². The average molecular weight is 256 g/mol.